The summed E-state index contributed by atoms with van der Waals surface area (Å²) in [7, 11) is 0. The van der Waals surface area contributed by atoms with Crippen molar-refractivity contribution in [2.75, 3.05) is 18.5 Å². The van der Waals surface area contributed by atoms with Crippen molar-refractivity contribution >= 4 is 29.1 Å². The van der Waals surface area contributed by atoms with Gasteiger partial charge in [-0.2, -0.15) is 0 Å². The van der Waals surface area contributed by atoms with Crippen molar-refractivity contribution in [3.05, 3.63) is 23.5 Å². The van der Waals surface area contributed by atoms with Gasteiger partial charge >= 0.3 is 11.8 Å². The van der Waals surface area contributed by atoms with Crippen LogP contribution in [0.15, 0.2) is 18.3 Å². The molecule has 0 aliphatic rings. The minimum atomic E-state index is -0.773. The molecule has 1 heterocycles. The molecule has 110 valence electrons. The molecular formula is C13H18ClN3O3. The highest BCUT2D eigenvalue weighted by Gasteiger charge is 2.14. The van der Waals surface area contributed by atoms with Gasteiger partial charge in [0, 0.05) is 19.3 Å². The van der Waals surface area contributed by atoms with E-state index in [0.717, 1.165) is 0 Å². The number of amides is 2. The summed E-state index contributed by atoms with van der Waals surface area (Å²) >= 11 is 5.77. The van der Waals surface area contributed by atoms with E-state index in [1.165, 1.54) is 6.20 Å². The summed E-state index contributed by atoms with van der Waals surface area (Å²) in [6, 6.07) is 3.18. The topological polar surface area (TPSA) is 80.3 Å². The van der Waals surface area contributed by atoms with Gasteiger partial charge in [-0.3, -0.25) is 9.59 Å². The molecule has 0 aliphatic carbocycles. The molecule has 1 aromatic heterocycles. The van der Waals surface area contributed by atoms with Gasteiger partial charge in [0.05, 0.1) is 11.8 Å². The highest BCUT2D eigenvalue weighted by Crippen LogP contribution is 2.16. The molecule has 0 unspecified atom stereocenters. The zero-order valence-electron chi connectivity index (χ0n) is 11.5. The van der Waals surface area contributed by atoms with E-state index < -0.39 is 11.8 Å². The summed E-state index contributed by atoms with van der Waals surface area (Å²) in [5.41, 5.74) is 0.303. The molecule has 0 aromatic carbocycles. The standard InChI is InChI=1S/C13H18ClN3O3/c1-9(2)20-8-4-7-16-12(18)13(19)17-10-5-3-6-15-11(10)14/h3,5-6,9H,4,7-8H2,1-2H3,(H,16,18)(H,17,19). The summed E-state index contributed by atoms with van der Waals surface area (Å²) in [4.78, 5) is 26.9. The molecule has 0 radical (unpaired) electrons. The first-order chi connectivity index (χ1) is 9.50. The van der Waals surface area contributed by atoms with E-state index in [-0.39, 0.29) is 11.3 Å². The third kappa shape index (κ3) is 5.99. The molecule has 0 saturated heterocycles. The van der Waals surface area contributed by atoms with Crippen molar-refractivity contribution in [3.8, 4) is 0 Å². The normalized spacial score (nSPS) is 10.4. The van der Waals surface area contributed by atoms with Crippen LogP contribution in [0.3, 0.4) is 0 Å². The maximum absolute atomic E-state index is 11.6. The molecule has 0 spiro atoms. The minimum Gasteiger partial charge on any atom is -0.379 e. The number of halogens is 1. The summed E-state index contributed by atoms with van der Waals surface area (Å²) in [5.74, 6) is -1.49. The highest BCUT2D eigenvalue weighted by atomic mass is 35.5. The van der Waals surface area contributed by atoms with E-state index in [0.29, 0.717) is 25.3 Å². The Bertz CT molecular complexity index is 466. The SMILES string of the molecule is CC(C)OCCCNC(=O)C(=O)Nc1cccnc1Cl. The zero-order chi connectivity index (χ0) is 15.0. The predicted octanol–water partition coefficient (Wildman–Crippen LogP) is 1.60. The van der Waals surface area contributed by atoms with E-state index in [9.17, 15) is 9.59 Å². The fraction of sp³-hybridized carbons (Fsp3) is 0.462. The Hall–Kier alpha value is -1.66. The number of hydrogen-bond acceptors (Lipinski definition) is 4. The average molecular weight is 300 g/mol. The molecule has 2 amide bonds. The number of aromatic nitrogens is 1. The van der Waals surface area contributed by atoms with Crippen molar-refractivity contribution in [2.24, 2.45) is 0 Å². The molecule has 1 aromatic rings. The van der Waals surface area contributed by atoms with Gasteiger partial charge in [-0.1, -0.05) is 11.6 Å². The molecule has 2 N–H and O–H groups in total. The fourth-order valence-electron chi connectivity index (χ4n) is 1.33. The lowest BCUT2D eigenvalue weighted by Crippen LogP contribution is -2.36. The third-order valence-electron chi connectivity index (χ3n) is 2.27. The van der Waals surface area contributed by atoms with Crippen molar-refractivity contribution < 1.29 is 14.3 Å². The van der Waals surface area contributed by atoms with Crippen molar-refractivity contribution in [2.45, 2.75) is 26.4 Å². The Balaban J connectivity index is 2.30. The van der Waals surface area contributed by atoms with Crippen LogP contribution in [0.4, 0.5) is 5.69 Å². The minimum absolute atomic E-state index is 0.138. The van der Waals surface area contributed by atoms with Crippen LogP contribution >= 0.6 is 11.6 Å². The van der Waals surface area contributed by atoms with E-state index in [4.69, 9.17) is 16.3 Å². The Morgan fingerprint density at radius 1 is 1.40 bits per heavy atom. The zero-order valence-corrected chi connectivity index (χ0v) is 12.2. The first-order valence-corrected chi connectivity index (χ1v) is 6.69. The number of pyridine rings is 1. The first-order valence-electron chi connectivity index (χ1n) is 6.32. The summed E-state index contributed by atoms with van der Waals surface area (Å²) < 4.78 is 5.32. The summed E-state index contributed by atoms with van der Waals surface area (Å²) in [6.07, 6.45) is 2.29. The van der Waals surface area contributed by atoms with Gasteiger partial charge in [-0.15, -0.1) is 0 Å². The molecule has 6 nitrogen and oxygen atoms in total. The number of anilines is 1. The van der Waals surface area contributed by atoms with Gasteiger partial charge in [0.2, 0.25) is 0 Å². The van der Waals surface area contributed by atoms with E-state index in [2.05, 4.69) is 15.6 Å². The summed E-state index contributed by atoms with van der Waals surface area (Å²) in [5, 5.41) is 5.03. The Kier molecular flexibility index (Phi) is 6.97. The number of carbonyl (C=O) groups is 2. The quantitative estimate of drug-likeness (QED) is 0.475. The largest absolute Gasteiger partial charge is 0.379 e. The number of carbonyl (C=O) groups excluding carboxylic acids is 2. The number of nitrogens with one attached hydrogen (secondary N) is 2. The Labute approximate surface area is 122 Å². The maximum Gasteiger partial charge on any atom is 0.313 e. The highest BCUT2D eigenvalue weighted by molar-refractivity contribution is 6.41. The second kappa shape index (κ2) is 8.50. The van der Waals surface area contributed by atoms with E-state index >= 15 is 0 Å². The van der Waals surface area contributed by atoms with Crippen LogP contribution in [-0.2, 0) is 14.3 Å². The Morgan fingerprint density at radius 3 is 2.80 bits per heavy atom. The van der Waals surface area contributed by atoms with Crippen molar-refractivity contribution in [1.29, 1.82) is 0 Å². The van der Waals surface area contributed by atoms with Gasteiger partial charge < -0.3 is 15.4 Å². The molecule has 0 bridgehead atoms. The van der Waals surface area contributed by atoms with Crippen molar-refractivity contribution in [1.82, 2.24) is 10.3 Å². The van der Waals surface area contributed by atoms with E-state index in [1.807, 2.05) is 13.8 Å². The second-order valence-electron chi connectivity index (χ2n) is 4.32. The number of hydrogen-bond donors (Lipinski definition) is 2. The van der Waals surface area contributed by atoms with E-state index in [1.54, 1.807) is 12.1 Å². The lowest BCUT2D eigenvalue weighted by molar-refractivity contribution is -0.136. The van der Waals surface area contributed by atoms with Gasteiger partial charge in [0.15, 0.2) is 5.15 Å². The van der Waals surface area contributed by atoms with Crippen LogP contribution in [0.5, 0.6) is 0 Å². The van der Waals surface area contributed by atoms with Gasteiger partial charge in [-0.25, -0.2) is 4.98 Å². The molecule has 20 heavy (non-hydrogen) atoms. The average Bonchev–Trinajstić information content (AvgIpc) is 2.40. The Morgan fingerprint density at radius 2 is 2.15 bits per heavy atom. The smallest absolute Gasteiger partial charge is 0.313 e. The van der Waals surface area contributed by atoms with Crippen LogP contribution in [0.25, 0.3) is 0 Å². The van der Waals surface area contributed by atoms with Crippen molar-refractivity contribution in [3.63, 3.8) is 0 Å². The number of ether oxygens (including phenoxy) is 1. The number of nitrogens with zero attached hydrogens (tertiary/aromatic N) is 1. The van der Waals surface area contributed by atoms with Crippen LogP contribution in [0.2, 0.25) is 5.15 Å². The lowest BCUT2D eigenvalue weighted by atomic mass is 10.4. The summed E-state index contributed by atoms with van der Waals surface area (Å²) in [6.45, 7) is 4.78. The molecular weight excluding hydrogens is 282 g/mol. The van der Waals surface area contributed by atoms with Crippen LogP contribution in [0, 0.1) is 0 Å². The van der Waals surface area contributed by atoms with Crippen LogP contribution in [0.1, 0.15) is 20.3 Å². The first kappa shape index (κ1) is 16.4. The second-order valence-corrected chi connectivity index (χ2v) is 4.68. The molecule has 0 atom stereocenters. The monoisotopic (exact) mass is 299 g/mol. The fourth-order valence-corrected chi connectivity index (χ4v) is 1.50. The molecule has 0 aliphatic heterocycles. The van der Waals surface area contributed by atoms with Gasteiger partial charge in [0.25, 0.3) is 0 Å². The lowest BCUT2D eigenvalue weighted by Gasteiger charge is -2.09. The predicted molar refractivity (Wildman–Crippen MR) is 76.6 cm³/mol. The third-order valence-corrected chi connectivity index (χ3v) is 2.57. The van der Waals surface area contributed by atoms with Crippen LogP contribution < -0.4 is 10.6 Å². The number of rotatable bonds is 6. The molecule has 1 rings (SSSR count). The van der Waals surface area contributed by atoms with Gasteiger partial charge in [0.1, 0.15) is 0 Å². The molecule has 0 saturated carbocycles. The molecule has 0 fully saturated rings. The van der Waals surface area contributed by atoms with Gasteiger partial charge in [-0.05, 0) is 32.4 Å². The molecule has 7 heteroatoms. The van der Waals surface area contributed by atoms with Crippen LogP contribution in [-0.4, -0.2) is 36.1 Å². The maximum atomic E-state index is 11.6.